The lowest BCUT2D eigenvalue weighted by Gasteiger charge is -2.03. The minimum absolute atomic E-state index is 0.133. The average Bonchev–Trinajstić information content (AvgIpc) is 2.67. The third kappa shape index (κ3) is 2.59. The van der Waals surface area contributed by atoms with Crippen LogP contribution in [0.4, 0.5) is 5.95 Å². The summed E-state index contributed by atoms with van der Waals surface area (Å²) in [6.07, 6.45) is 3.01. The van der Waals surface area contributed by atoms with Crippen LogP contribution in [-0.4, -0.2) is 25.8 Å². The zero-order valence-corrected chi connectivity index (χ0v) is 10.0. The second kappa shape index (κ2) is 4.50. The molecule has 2 heterocycles. The van der Waals surface area contributed by atoms with Crippen LogP contribution in [0.3, 0.4) is 0 Å². The van der Waals surface area contributed by atoms with Gasteiger partial charge in [0.2, 0.25) is 5.95 Å². The highest BCUT2D eigenvalue weighted by Crippen LogP contribution is 2.13. The van der Waals surface area contributed by atoms with Crippen molar-refractivity contribution in [2.45, 2.75) is 13.8 Å². The minimum atomic E-state index is -0.421. The van der Waals surface area contributed by atoms with Gasteiger partial charge in [0, 0.05) is 11.9 Å². The van der Waals surface area contributed by atoms with Crippen LogP contribution in [0.25, 0.3) is 0 Å². The fourth-order valence-electron chi connectivity index (χ4n) is 1.26. The van der Waals surface area contributed by atoms with Gasteiger partial charge in [-0.2, -0.15) is 0 Å². The zero-order chi connectivity index (χ0) is 12.4. The van der Waals surface area contributed by atoms with Crippen molar-refractivity contribution in [3.8, 4) is 0 Å². The molecule has 6 nitrogen and oxygen atoms in total. The number of amides is 1. The number of H-pyrrole nitrogens is 1. The first-order chi connectivity index (χ1) is 8.06. The summed E-state index contributed by atoms with van der Waals surface area (Å²) in [4.78, 5) is 26.6. The van der Waals surface area contributed by atoms with Crippen LogP contribution < -0.4 is 5.32 Å². The second-order valence-electron chi connectivity index (χ2n) is 3.48. The number of hydrogen-bond donors (Lipinski definition) is 2. The van der Waals surface area contributed by atoms with Gasteiger partial charge < -0.3 is 4.98 Å². The molecule has 0 bridgehead atoms. The Morgan fingerprint density at radius 3 is 2.76 bits per heavy atom. The van der Waals surface area contributed by atoms with Crippen molar-refractivity contribution in [1.82, 2.24) is 19.9 Å². The molecule has 0 aliphatic carbocycles. The van der Waals surface area contributed by atoms with Crippen LogP contribution >= 0.6 is 11.6 Å². The number of aromatic amines is 1. The van der Waals surface area contributed by atoms with E-state index in [4.69, 9.17) is 11.6 Å². The van der Waals surface area contributed by atoms with E-state index in [1.165, 1.54) is 6.20 Å². The Kier molecular flexibility index (Phi) is 3.06. The van der Waals surface area contributed by atoms with Crippen molar-refractivity contribution in [2.24, 2.45) is 0 Å². The molecule has 0 saturated carbocycles. The fraction of sp³-hybridized carbons (Fsp3) is 0.200. The molecule has 0 aromatic carbocycles. The van der Waals surface area contributed by atoms with E-state index in [0.717, 1.165) is 5.69 Å². The molecule has 0 fully saturated rings. The van der Waals surface area contributed by atoms with Gasteiger partial charge in [0.15, 0.2) is 5.69 Å². The van der Waals surface area contributed by atoms with Crippen molar-refractivity contribution in [3.63, 3.8) is 0 Å². The van der Waals surface area contributed by atoms with Gasteiger partial charge in [-0.1, -0.05) is 11.6 Å². The molecule has 0 atom stereocenters. The lowest BCUT2D eigenvalue weighted by molar-refractivity contribution is 0.102. The highest BCUT2D eigenvalue weighted by Gasteiger charge is 2.14. The summed E-state index contributed by atoms with van der Waals surface area (Å²) in [6.45, 7) is 3.52. The SMILES string of the molecule is Cc1ncc(Cl)c(C(=O)Nc2ncc(C)[nH]2)n1. The van der Waals surface area contributed by atoms with Crippen LogP contribution in [-0.2, 0) is 0 Å². The number of nitrogens with zero attached hydrogens (tertiary/aromatic N) is 3. The van der Waals surface area contributed by atoms with Crippen molar-refractivity contribution >= 4 is 23.5 Å². The summed E-state index contributed by atoms with van der Waals surface area (Å²) >= 11 is 5.85. The maximum atomic E-state index is 11.9. The Balaban J connectivity index is 2.22. The van der Waals surface area contributed by atoms with E-state index in [-0.39, 0.29) is 10.7 Å². The molecule has 17 heavy (non-hydrogen) atoms. The zero-order valence-electron chi connectivity index (χ0n) is 9.28. The summed E-state index contributed by atoms with van der Waals surface area (Å²) in [5.74, 6) is 0.421. The average molecular weight is 252 g/mol. The highest BCUT2D eigenvalue weighted by molar-refractivity contribution is 6.33. The second-order valence-corrected chi connectivity index (χ2v) is 3.89. The summed E-state index contributed by atoms with van der Waals surface area (Å²) < 4.78 is 0. The number of anilines is 1. The minimum Gasteiger partial charge on any atom is -0.328 e. The van der Waals surface area contributed by atoms with E-state index < -0.39 is 5.91 Å². The van der Waals surface area contributed by atoms with Crippen LogP contribution in [0.1, 0.15) is 22.0 Å². The standard InChI is InChI=1S/C10H10ClN5O/c1-5-3-13-10(14-5)16-9(17)8-7(11)4-12-6(2)15-8/h3-4H,1-2H3,(H2,13,14,16,17). The summed E-state index contributed by atoms with van der Waals surface area (Å²) in [5.41, 5.74) is 0.985. The summed E-state index contributed by atoms with van der Waals surface area (Å²) in [7, 11) is 0. The molecule has 1 amide bonds. The molecule has 2 aromatic rings. The number of carbonyl (C=O) groups is 1. The molecule has 0 radical (unpaired) electrons. The van der Waals surface area contributed by atoms with Gasteiger partial charge in [-0.25, -0.2) is 15.0 Å². The third-order valence-electron chi connectivity index (χ3n) is 2.01. The van der Waals surface area contributed by atoms with Crippen molar-refractivity contribution in [2.75, 3.05) is 5.32 Å². The number of carbonyl (C=O) groups excluding carboxylic acids is 1. The van der Waals surface area contributed by atoms with E-state index >= 15 is 0 Å². The maximum Gasteiger partial charge on any atom is 0.278 e. The van der Waals surface area contributed by atoms with Gasteiger partial charge in [0.1, 0.15) is 5.82 Å². The van der Waals surface area contributed by atoms with Crippen molar-refractivity contribution in [1.29, 1.82) is 0 Å². The van der Waals surface area contributed by atoms with Crippen molar-refractivity contribution < 1.29 is 4.79 Å². The quantitative estimate of drug-likeness (QED) is 0.851. The van der Waals surface area contributed by atoms with Gasteiger partial charge in [0.05, 0.1) is 11.2 Å². The predicted octanol–water partition coefficient (Wildman–Crippen LogP) is 1.72. The third-order valence-corrected chi connectivity index (χ3v) is 2.29. The van der Waals surface area contributed by atoms with Crippen molar-refractivity contribution in [3.05, 3.63) is 34.6 Å². The molecular weight excluding hydrogens is 242 g/mol. The van der Waals surface area contributed by atoms with E-state index in [1.54, 1.807) is 13.1 Å². The first kappa shape index (κ1) is 11.5. The molecule has 88 valence electrons. The topological polar surface area (TPSA) is 83.6 Å². The predicted molar refractivity (Wildman–Crippen MR) is 63.1 cm³/mol. The van der Waals surface area contributed by atoms with Crippen LogP contribution in [0.15, 0.2) is 12.4 Å². The van der Waals surface area contributed by atoms with Gasteiger partial charge in [-0.05, 0) is 13.8 Å². The normalized spacial score (nSPS) is 10.3. The molecule has 2 N–H and O–H groups in total. The lowest BCUT2D eigenvalue weighted by atomic mass is 10.3. The Bertz CT molecular complexity index is 566. The summed E-state index contributed by atoms with van der Waals surface area (Å²) in [6, 6.07) is 0. The number of nitrogens with one attached hydrogen (secondary N) is 2. The van der Waals surface area contributed by atoms with Crippen LogP contribution in [0.5, 0.6) is 0 Å². The number of rotatable bonds is 2. The fourth-order valence-corrected chi connectivity index (χ4v) is 1.43. The molecule has 2 aromatic heterocycles. The van der Waals surface area contributed by atoms with Gasteiger partial charge >= 0.3 is 0 Å². The van der Waals surface area contributed by atoms with Crippen LogP contribution in [0.2, 0.25) is 5.02 Å². The number of halogens is 1. The Hall–Kier alpha value is -1.95. The smallest absolute Gasteiger partial charge is 0.278 e. The van der Waals surface area contributed by atoms with Crippen LogP contribution in [0, 0.1) is 13.8 Å². The van der Waals surface area contributed by atoms with Gasteiger partial charge in [-0.15, -0.1) is 0 Å². The highest BCUT2D eigenvalue weighted by atomic mass is 35.5. The monoisotopic (exact) mass is 251 g/mol. The first-order valence-corrected chi connectivity index (χ1v) is 5.26. The largest absolute Gasteiger partial charge is 0.328 e. The molecule has 0 saturated heterocycles. The maximum absolute atomic E-state index is 11.9. The molecule has 0 spiro atoms. The van der Waals surface area contributed by atoms with Gasteiger partial charge in [0.25, 0.3) is 5.91 Å². The molecule has 7 heteroatoms. The number of aryl methyl sites for hydroxylation is 2. The molecule has 2 rings (SSSR count). The van der Waals surface area contributed by atoms with E-state index in [2.05, 4.69) is 25.3 Å². The van der Waals surface area contributed by atoms with E-state index in [1.807, 2.05) is 6.92 Å². The molecule has 0 unspecified atom stereocenters. The molecule has 0 aliphatic heterocycles. The molecule has 0 aliphatic rings. The Morgan fingerprint density at radius 2 is 2.12 bits per heavy atom. The Morgan fingerprint density at radius 1 is 1.35 bits per heavy atom. The number of aromatic nitrogens is 4. The Labute approximate surface area is 102 Å². The van der Waals surface area contributed by atoms with E-state index in [0.29, 0.717) is 11.8 Å². The van der Waals surface area contributed by atoms with E-state index in [9.17, 15) is 4.79 Å². The first-order valence-electron chi connectivity index (χ1n) is 4.88. The number of hydrogen-bond acceptors (Lipinski definition) is 4. The number of imidazole rings is 1. The molecular formula is C10H10ClN5O. The van der Waals surface area contributed by atoms with Gasteiger partial charge in [-0.3, -0.25) is 10.1 Å². The lowest BCUT2D eigenvalue weighted by Crippen LogP contribution is -2.16. The summed E-state index contributed by atoms with van der Waals surface area (Å²) in [5, 5.41) is 2.77.